The number of aromatic carboxylic acids is 1. The zero-order valence-electron chi connectivity index (χ0n) is 13.2. The van der Waals surface area contributed by atoms with E-state index in [-0.39, 0.29) is 11.3 Å². The molecule has 1 aromatic rings. The van der Waals surface area contributed by atoms with E-state index in [9.17, 15) is 14.7 Å². The zero-order chi connectivity index (χ0) is 16.1. The first kappa shape index (κ1) is 16.5. The molecule has 22 heavy (non-hydrogen) atoms. The van der Waals surface area contributed by atoms with Crippen LogP contribution >= 0.6 is 0 Å². The maximum absolute atomic E-state index is 12.4. The van der Waals surface area contributed by atoms with Gasteiger partial charge in [0.1, 0.15) is 11.3 Å². The molecule has 0 radical (unpaired) electrons. The molecule has 0 aliphatic carbocycles. The summed E-state index contributed by atoms with van der Waals surface area (Å²) in [4.78, 5) is 25.8. The van der Waals surface area contributed by atoms with Gasteiger partial charge in [0, 0.05) is 5.56 Å². The van der Waals surface area contributed by atoms with Crippen LogP contribution in [0.15, 0.2) is 18.2 Å². The number of carbonyl (C=O) groups excluding carboxylic acids is 1. The van der Waals surface area contributed by atoms with Crippen LogP contribution in [0, 0.1) is 5.92 Å². The Hall–Kier alpha value is -1.88. The molecule has 0 saturated carbocycles. The molecule has 0 amide bonds. The first-order valence-corrected chi connectivity index (χ1v) is 7.77. The number of carboxylic acid groups (broad SMARTS) is 1. The van der Waals surface area contributed by atoms with Crippen LogP contribution in [0.2, 0.25) is 0 Å². The van der Waals surface area contributed by atoms with E-state index < -0.39 is 5.97 Å². The van der Waals surface area contributed by atoms with Crippen molar-refractivity contribution >= 4 is 11.8 Å². The number of benzene rings is 1. The first-order valence-electron chi connectivity index (χ1n) is 7.77. The quantitative estimate of drug-likeness (QED) is 0.819. The fraction of sp³-hybridized carbons (Fsp3) is 0.529. The lowest BCUT2D eigenvalue weighted by atomic mass is 9.98. The number of nitrogens with zero attached hydrogens (tertiary/aromatic N) is 1. The van der Waals surface area contributed by atoms with Gasteiger partial charge in [0.15, 0.2) is 5.78 Å². The van der Waals surface area contributed by atoms with Crippen LogP contribution in [-0.2, 0) is 0 Å². The zero-order valence-corrected chi connectivity index (χ0v) is 13.2. The minimum Gasteiger partial charge on any atom is -0.493 e. The Kier molecular flexibility index (Phi) is 5.55. The number of Topliss-reactive ketones (excluding diaryl/α,β-unsaturated/α-hetero) is 1. The highest BCUT2D eigenvalue weighted by atomic mass is 16.5. The van der Waals surface area contributed by atoms with Crippen LogP contribution in [0.5, 0.6) is 5.75 Å². The smallest absolute Gasteiger partial charge is 0.339 e. The molecule has 2 rings (SSSR count). The highest BCUT2D eigenvalue weighted by molar-refractivity contribution is 6.01. The normalized spacial score (nSPS) is 16.5. The topological polar surface area (TPSA) is 66.8 Å². The van der Waals surface area contributed by atoms with Crippen molar-refractivity contribution in [2.45, 2.75) is 26.7 Å². The van der Waals surface area contributed by atoms with Crippen molar-refractivity contribution in [1.29, 1.82) is 0 Å². The Morgan fingerprint density at radius 2 is 2.00 bits per heavy atom. The molecule has 1 aromatic carbocycles. The monoisotopic (exact) mass is 305 g/mol. The van der Waals surface area contributed by atoms with Crippen molar-refractivity contribution < 1.29 is 19.4 Å². The Morgan fingerprint density at radius 3 is 2.59 bits per heavy atom. The fourth-order valence-electron chi connectivity index (χ4n) is 2.67. The van der Waals surface area contributed by atoms with Gasteiger partial charge in [-0.3, -0.25) is 9.69 Å². The molecule has 5 nitrogen and oxygen atoms in total. The standard InChI is InChI=1S/C17H23NO4/c1-3-22-16-5-4-13(10-14(16)17(20)21)15(19)11-18-8-6-12(2)7-9-18/h4-5,10,12H,3,6-9,11H2,1-2H3,(H,20,21). The van der Waals surface area contributed by atoms with Gasteiger partial charge in [-0.15, -0.1) is 0 Å². The molecule has 1 aliphatic rings. The van der Waals surface area contributed by atoms with Gasteiger partial charge >= 0.3 is 5.97 Å². The number of piperidine rings is 1. The average molecular weight is 305 g/mol. The summed E-state index contributed by atoms with van der Waals surface area (Å²) in [6, 6.07) is 4.63. The molecule has 0 unspecified atom stereocenters. The fourth-order valence-corrected chi connectivity index (χ4v) is 2.67. The lowest BCUT2D eigenvalue weighted by Crippen LogP contribution is -2.36. The average Bonchev–Trinajstić information content (AvgIpc) is 2.50. The molecule has 0 atom stereocenters. The Bertz CT molecular complexity index is 548. The predicted octanol–water partition coefficient (Wildman–Crippen LogP) is 2.70. The number of carboxylic acids is 1. The Morgan fingerprint density at radius 1 is 1.32 bits per heavy atom. The van der Waals surface area contributed by atoms with E-state index in [2.05, 4.69) is 11.8 Å². The molecule has 0 spiro atoms. The molecule has 5 heteroatoms. The lowest BCUT2D eigenvalue weighted by molar-refractivity contribution is 0.0692. The van der Waals surface area contributed by atoms with Crippen LogP contribution < -0.4 is 4.74 Å². The molecule has 120 valence electrons. The van der Waals surface area contributed by atoms with Crippen molar-refractivity contribution in [3.05, 3.63) is 29.3 Å². The summed E-state index contributed by atoms with van der Waals surface area (Å²) in [6.45, 7) is 6.61. The van der Waals surface area contributed by atoms with Crippen LogP contribution in [0.4, 0.5) is 0 Å². The second-order valence-electron chi connectivity index (χ2n) is 5.83. The van der Waals surface area contributed by atoms with Gasteiger partial charge in [-0.05, 0) is 57.0 Å². The third-order valence-corrected chi connectivity index (χ3v) is 4.08. The molecule has 1 saturated heterocycles. The van der Waals surface area contributed by atoms with Crippen molar-refractivity contribution in [3.8, 4) is 5.75 Å². The summed E-state index contributed by atoms with van der Waals surface area (Å²) in [5.41, 5.74) is 0.472. The highest BCUT2D eigenvalue weighted by Crippen LogP contribution is 2.22. The number of ether oxygens (including phenoxy) is 1. The second kappa shape index (κ2) is 7.40. The van der Waals surface area contributed by atoms with Gasteiger partial charge in [0.05, 0.1) is 13.2 Å². The minimum absolute atomic E-state index is 0.0416. The molecule has 1 aliphatic heterocycles. The minimum atomic E-state index is -1.08. The summed E-state index contributed by atoms with van der Waals surface area (Å²) in [6.07, 6.45) is 2.22. The number of rotatable bonds is 6. The molecule has 1 heterocycles. The summed E-state index contributed by atoms with van der Waals surface area (Å²) in [5.74, 6) is -0.0983. The Labute approximate surface area is 130 Å². The van der Waals surface area contributed by atoms with Crippen molar-refractivity contribution in [2.75, 3.05) is 26.2 Å². The molecule has 1 fully saturated rings. The van der Waals surface area contributed by atoms with E-state index in [1.54, 1.807) is 19.1 Å². The molecule has 0 aromatic heterocycles. The number of hydrogen-bond acceptors (Lipinski definition) is 4. The van der Waals surface area contributed by atoms with E-state index in [1.807, 2.05) is 0 Å². The molecule has 1 N–H and O–H groups in total. The van der Waals surface area contributed by atoms with Gasteiger partial charge in [-0.1, -0.05) is 6.92 Å². The number of hydrogen-bond donors (Lipinski definition) is 1. The predicted molar refractivity (Wildman–Crippen MR) is 83.7 cm³/mol. The van der Waals surface area contributed by atoms with Crippen LogP contribution in [0.1, 0.15) is 47.4 Å². The van der Waals surface area contributed by atoms with E-state index in [1.165, 1.54) is 6.07 Å². The van der Waals surface area contributed by atoms with Crippen LogP contribution in [-0.4, -0.2) is 48.0 Å². The van der Waals surface area contributed by atoms with Crippen molar-refractivity contribution in [3.63, 3.8) is 0 Å². The largest absolute Gasteiger partial charge is 0.493 e. The maximum atomic E-state index is 12.4. The van der Waals surface area contributed by atoms with E-state index in [4.69, 9.17) is 4.74 Å². The summed E-state index contributed by atoms with van der Waals surface area (Å²) in [7, 11) is 0. The van der Waals surface area contributed by atoms with Gasteiger partial charge in [0.25, 0.3) is 0 Å². The van der Waals surface area contributed by atoms with E-state index in [0.717, 1.165) is 31.8 Å². The third-order valence-electron chi connectivity index (χ3n) is 4.08. The Balaban J connectivity index is 2.09. The first-order chi connectivity index (χ1) is 10.5. The van der Waals surface area contributed by atoms with Crippen LogP contribution in [0.3, 0.4) is 0 Å². The highest BCUT2D eigenvalue weighted by Gasteiger charge is 2.20. The molecule has 0 bridgehead atoms. The SMILES string of the molecule is CCOc1ccc(C(=O)CN2CCC(C)CC2)cc1C(=O)O. The van der Waals surface area contributed by atoms with Gasteiger partial charge in [-0.25, -0.2) is 4.79 Å². The summed E-state index contributed by atoms with van der Waals surface area (Å²) >= 11 is 0. The lowest BCUT2D eigenvalue weighted by Gasteiger charge is -2.29. The van der Waals surface area contributed by atoms with Gasteiger partial charge in [-0.2, -0.15) is 0 Å². The number of likely N-dealkylation sites (tertiary alicyclic amines) is 1. The molecular formula is C17H23NO4. The number of carbonyl (C=O) groups is 2. The number of ketones is 1. The molecular weight excluding hydrogens is 282 g/mol. The second-order valence-corrected chi connectivity index (χ2v) is 5.83. The summed E-state index contributed by atoms with van der Waals surface area (Å²) < 4.78 is 5.29. The van der Waals surface area contributed by atoms with Crippen molar-refractivity contribution in [1.82, 2.24) is 4.90 Å². The maximum Gasteiger partial charge on any atom is 0.339 e. The van der Waals surface area contributed by atoms with Gasteiger partial charge in [0.2, 0.25) is 0 Å². The van der Waals surface area contributed by atoms with E-state index >= 15 is 0 Å². The summed E-state index contributed by atoms with van der Waals surface area (Å²) in [5, 5.41) is 9.25. The van der Waals surface area contributed by atoms with Gasteiger partial charge < -0.3 is 9.84 Å². The third kappa shape index (κ3) is 4.07. The van der Waals surface area contributed by atoms with Crippen LogP contribution in [0.25, 0.3) is 0 Å². The van der Waals surface area contributed by atoms with Crippen molar-refractivity contribution in [2.24, 2.45) is 5.92 Å². The van der Waals surface area contributed by atoms with E-state index in [0.29, 0.717) is 24.5 Å².